The van der Waals surface area contributed by atoms with Crippen LogP contribution in [0, 0.1) is 11.8 Å². The van der Waals surface area contributed by atoms with E-state index in [0.717, 1.165) is 31.8 Å². The lowest BCUT2D eigenvalue weighted by atomic mass is 9.89. The number of hydrogen-bond acceptors (Lipinski definition) is 2. The van der Waals surface area contributed by atoms with Gasteiger partial charge in [-0.25, -0.2) is 4.98 Å². The largest absolute Gasteiger partial charge is 0.339 e. The molecule has 2 rings (SSSR count). The summed E-state index contributed by atoms with van der Waals surface area (Å²) >= 11 is 5.75. The summed E-state index contributed by atoms with van der Waals surface area (Å²) < 4.78 is 0. The Hall–Kier alpha value is -1.09. The van der Waals surface area contributed by atoms with E-state index in [2.05, 4.69) is 18.8 Å². The van der Waals surface area contributed by atoms with Crippen molar-refractivity contribution in [2.45, 2.75) is 33.1 Å². The lowest BCUT2D eigenvalue weighted by molar-refractivity contribution is 0.0758. The molecule has 0 spiro atoms. The molecule has 19 heavy (non-hydrogen) atoms. The maximum absolute atomic E-state index is 12.4. The van der Waals surface area contributed by atoms with E-state index in [4.69, 9.17) is 11.6 Å². The molecule has 4 heteroatoms. The van der Waals surface area contributed by atoms with Crippen molar-refractivity contribution < 1.29 is 4.79 Å². The molecule has 0 bridgehead atoms. The van der Waals surface area contributed by atoms with Gasteiger partial charge in [0.05, 0.1) is 5.56 Å². The molecule has 0 aromatic carbocycles. The monoisotopic (exact) mass is 280 g/mol. The molecule has 2 heterocycles. The van der Waals surface area contributed by atoms with E-state index in [1.165, 1.54) is 6.42 Å². The van der Waals surface area contributed by atoms with Crippen LogP contribution in [-0.2, 0) is 0 Å². The Balaban J connectivity index is 2.02. The fourth-order valence-electron chi connectivity index (χ4n) is 2.68. The minimum Gasteiger partial charge on any atom is -0.339 e. The third kappa shape index (κ3) is 3.69. The molecule has 1 aliphatic rings. The van der Waals surface area contributed by atoms with Crippen LogP contribution < -0.4 is 0 Å². The predicted octanol–water partition coefficient (Wildman–Crippen LogP) is 3.63. The van der Waals surface area contributed by atoms with Crippen LogP contribution in [0.5, 0.6) is 0 Å². The van der Waals surface area contributed by atoms with Crippen molar-refractivity contribution in [1.82, 2.24) is 9.88 Å². The van der Waals surface area contributed by atoms with Gasteiger partial charge in [-0.15, -0.1) is 0 Å². The highest BCUT2D eigenvalue weighted by Crippen LogP contribution is 2.25. The topological polar surface area (TPSA) is 33.2 Å². The molecule has 0 saturated carbocycles. The normalized spacial score (nSPS) is 20.4. The van der Waals surface area contributed by atoms with Crippen molar-refractivity contribution in [2.24, 2.45) is 11.8 Å². The first-order valence-corrected chi connectivity index (χ1v) is 7.36. The number of pyridine rings is 1. The second-order valence-corrected chi connectivity index (χ2v) is 5.98. The molecule has 1 aromatic heterocycles. The van der Waals surface area contributed by atoms with Gasteiger partial charge in [0.15, 0.2) is 0 Å². The molecule has 0 aliphatic carbocycles. The molecule has 1 saturated heterocycles. The van der Waals surface area contributed by atoms with Gasteiger partial charge in [0.2, 0.25) is 0 Å². The number of hydrogen-bond donors (Lipinski definition) is 0. The number of rotatable bonds is 2. The summed E-state index contributed by atoms with van der Waals surface area (Å²) in [4.78, 5) is 18.3. The molecule has 1 unspecified atom stereocenters. The second kappa shape index (κ2) is 6.38. The molecule has 1 aromatic rings. The molecule has 1 amide bonds. The van der Waals surface area contributed by atoms with Crippen LogP contribution in [0.4, 0.5) is 0 Å². The molecule has 104 valence electrons. The van der Waals surface area contributed by atoms with Crippen molar-refractivity contribution in [3.05, 3.63) is 29.0 Å². The summed E-state index contributed by atoms with van der Waals surface area (Å²) in [5, 5.41) is 0.423. The van der Waals surface area contributed by atoms with Gasteiger partial charge in [0.25, 0.3) is 5.91 Å². The molecular formula is C15H21ClN2O. The molecule has 3 nitrogen and oxygen atoms in total. The lowest BCUT2D eigenvalue weighted by Crippen LogP contribution is -2.32. The summed E-state index contributed by atoms with van der Waals surface area (Å²) in [6, 6.07) is 3.42. The van der Waals surface area contributed by atoms with E-state index in [-0.39, 0.29) is 5.91 Å². The van der Waals surface area contributed by atoms with E-state index in [9.17, 15) is 4.79 Å². The van der Waals surface area contributed by atoms with Crippen LogP contribution in [0.25, 0.3) is 0 Å². The molecule has 0 N–H and O–H groups in total. The number of nitrogens with zero attached hydrogens (tertiary/aromatic N) is 2. The first-order valence-electron chi connectivity index (χ1n) is 6.98. The number of carbonyl (C=O) groups excluding carboxylic acids is 1. The zero-order valence-electron chi connectivity index (χ0n) is 11.6. The zero-order chi connectivity index (χ0) is 13.8. The number of halogens is 1. The zero-order valence-corrected chi connectivity index (χ0v) is 12.4. The summed E-state index contributed by atoms with van der Waals surface area (Å²) in [6.45, 7) is 6.24. The van der Waals surface area contributed by atoms with E-state index in [0.29, 0.717) is 16.6 Å². The fourth-order valence-corrected chi connectivity index (χ4v) is 2.79. The fraction of sp³-hybridized carbons (Fsp3) is 0.600. The van der Waals surface area contributed by atoms with Gasteiger partial charge in [-0.05, 0) is 43.2 Å². The Bertz CT molecular complexity index is 430. The minimum atomic E-state index is 0.0774. The molecule has 1 atom stereocenters. The van der Waals surface area contributed by atoms with Gasteiger partial charge in [-0.3, -0.25) is 4.79 Å². The Morgan fingerprint density at radius 2 is 2.16 bits per heavy atom. The summed E-state index contributed by atoms with van der Waals surface area (Å²) in [6.07, 6.45) is 4.98. The SMILES string of the molecule is CC(C)C1CCCN(C(=O)c2ccc(Cl)nc2)CC1. The van der Waals surface area contributed by atoms with Gasteiger partial charge in [0, 0.05) is 19.3 Å². The summed E-state index contributed by atoms with van der Waals surface area (Å²) in [5.41, 5.74) is 0.632. The van der Waals surface area contributed by atoms with Crippen LogP contribution in [0.1, 0.15) is 43.5 Å². The van der Waals surface area contributed by atoms with Gasteiger partial charge >= 0.3 is 0 Å². The first-order chi connectivity index (χ1) is 9.08. The Labute approximate surface area is 120 Å². The average molecular weight is 281 g/mol. The van der Waals surface area contributed by atoms with Gasteiger partial charge in [-0.2, -0.15) is 0 Å². The average Bonchev–Trinajstić information content (AvgIpc) is 2.64. The Morgan fingerprint density at radius 3 is 2.79 bits per heavy atom. The number of amides is 1. The Kier molecular flexibility index (Phi) is 4.81. The third-order valence-electron chi connectivity index (χ3n) is 3.98. The highest BCUT2D eigenvalue weighted by molar-refractivity contribution is 6.29. The minimum absolute atomic E-state index is 0.0774. The van der Waals surface area contributed by atoms with Crippen molar-refractivity contribution >= 4 is 17.5 Å². The number of aromatic nitrogens is 1. The maximum Gasteiger partial charge on any atom is 0.255 e. The van der Waals surface area contributed by atoms with Crippen LogP contribution in [0.15, 0.2) is 18.3 Å². The highest BCUT2D eigenvalue weighted by atomic mass is 35.5. The van der Waals surface area contributed by atoms with Crippen LogP contribution in [-0.4, -0.2) is 28.9 Å². The van der Waals surface area contributed by atoms with Crippen LogP contribution in [0.2, 0.25) is 5.15 Å². The van der Waals surface area contributed by atoms with Gasteiger partial charge in [0.1, 0.15) is 5.15 Å². The predicted molar refractivity (Wildman–Crippen MR) is 77.3 cm³/mol. The third-order valence-corrected chi connectivity index (χ3v) is 4.20. The molecular weight excluding hydrogens is 260 g/mol. The number of likely N-dealkylation sites (tertiary alicyclic amines) is 1. The van der Waals surface area contributed by atoms with E-state index < -0.39 is 0 Å². The van der Waals surface area contributed by atoms with Crippen molar-refractivity contribution in [3.8, 4) is 0 Å². The second-order valence-electron chi connectivity index (χ2n) is 5.60. The molecule has 1 fully saturated rings. The van der Waals surface area contributed by atoms with E-state index in [1.807, 2.05) is 4.90 Å². The smallest absolute Gasteiger partial charge is 0.255 e. The summed E-state index contributed by atoms with van der Waals surface area (Å²) in [5.74, 6) is 1.52. The highest BCUT2D eigenvalue weighted by Gasteiger charge is 2.23. The Morgan fingerprint density at radius 1 is 1.37 bits per heavy atom. The maximum atomic E-state index is 12.4. The molecule has 0 radical (unpaired) electrons. The van der Waals surface area contributed by atoms with Crippen molar-refractivity contribution in [2.75, 3.05) is 13.1 Å². The molecule has 1 aliphatic heterocycles. The van der Waals surface area contributed by atoms with Crippen LogP contribution in [0.3, 0.4) is 0 Å². The lowest BCUT2D eigenvalue weighted by Gasteiger charge is -2.21. The van der Waals surface area contributed by atoms with Crippen molar-refractivity contribution in [3.63, 3.8) is 0 Å². The standard InChI is InChI=1S/C15H21ClN2O/c1-11(2)12-4-3-8-18(9-7-12)15(19)13-5-6-14(16)17-10-13/h5-6,10-12H,3-4,7-9H2,1-2H3. The van der Waals surface area contributed by atoms with Gasteiger partial charge < -0.3 is 4.90 Å². The number of carbonyl (C=O) groups is 1. The van der Waals surface area contributed by atoms with E-state index in [1.54, 1.807) is 18.3 Å². The van der Waals surface area contributed by atoms with Crippen LogP contribution >= 0.6 is 11.6 Å². The van der Waals surface area contributed by atoms with Crippen molar-refractivity contribution in [1.29, 1.82) is 0 Å². The van der Waals surface area contributed by atoms with E-state index >= 15 is 0 Å². The summed E-state index contributed by atoms with van der Waals surface area (Å²) in [7, 11) is 0. The quantitative estimate of drug-likeness (QED) is 0.775. The van der Waals surface area contributed by atoms with Gasteiger partial charge in [-0.1, -0.05) is 25.4 Å². The first kappa shape index (κ1) is 14.3.